The number of esters is 1. The predicted molar refractivity (Wildman–Crippen MR) is 140 cm³/mol. The summed E-state index contributed by atoms with van der Waals surface area (Å²) < 4.78 is 12.0. The van der Waals surface area contributed by atoms with Crippen molar-refractivity contribution in [1.82, 2.24) is 4.90 Å². The second kappa shape index (κ2) is 11.1. The van der Waals surface area contributed by atoms with Crippen LogP contribution in [0, 0.1) is 0 Å². The Morgan fingerprint density at radius 3 is 2.60 bits per heavy atom. The Hall–Kier alpha value is -3.07. The summed E-state index contributed by atoms with van der Waals surface area (Å²) in [7, 11) is 0. The Morgan fingerprint density at radius 1 is 1.06 bits per heavy atom. The number of hydrogen-bond acceptors (Lipinski definition) is 6. The van der Waals surface area contributed by atoms with Crippen molar-refractivity contribution in [3.63, 3.8) is 0 Å². The van der Waals surface area contributed by atoms with Gasteiger partial charge in [0.25, 0.3) is 11.1 Å². The largest absolute Gasteiger partial charge is 0.490 e. The summed E-state index contributed by atoms with van der Waals surface area (Å²) in [4.78, 5) is 39.5. The van der Waals surface area contributed by atoms with Crippen LogP contribution in [0.2, 0.25) is 5.02 Å². The van der Waals surface area contributed by atoms with Gasteiger partial charge in [-0.2, -0.15) is 0 Å². The van der Waals surface area contributed by atoms with Crippen molar-refractivity contribution >= 4 is 62.5 Å². The SMILES string of the molecule is CCOc1cc(/C=C2\SC(=O)N(Cc3ccccc3Br)C2=O)ccc1OC(=O)c1cccc(Cl)c1. The molecule has 35 heavy (non-hydrogen) atoms. The molecule has 3 aromatic carbocycles. The van der Waals surface area contributed by atoms with Crippen molar-refractivity contribution in [2.75, 3.05) is 6.61 Å². The maximum absolute atomic E-state index is 12.9. The molecule has 1 heterocycles. The molecule has 0 radical (unpaired) electrons. The maximum Gasteiger partial charge on any atom is 0.343 e. The van der Waals surface area contributed by atoms with Crippen LogP contribution < -0.4 is 9.47 Å². The van der Waals surface area contributed by atoms with Crippen molar-refractivity contribution in [2.24, 2.45) is 0 Å². The van der Waals surface area contributed by atoms with Gasteiger partial charge >= 0.3 is 5.97 Å². The monoisotopic (exact) mass is 571 g/mol. The van der Waals surface area contributed by atoms with Gasteiger partial charge in [-0.05, 0) is 72.3 Å². The molecule has 0 N–H and O–H groups in total. The van der Waals surface area contributed by atoms with Crippen molar-refractivity contribution in [3.8, 4) is 11.5 Å². The van der Waals surface area contributed by atoms with Crippen LogP contribution in [0.5, 0.6) is 11.5 Å². The average molecular weight is 573 g/mol. The first-order valence-corrected chi connectivity index (χ1v) is 12.6. The highest BCUT2D eigenvalue weighted by atomic mass is 79.9. The lowest BCUT2D eigenvalue weighted by atomic mass is 10.1. The molecule has 1 saturated heterocycles. The summed E-state index contributed by atoms with van der Waals surface area (Å²) in [6.45, 7) is 2.32. The highest BCUT2D eigenvalue weighted by Gasteiger charge is 2.35. The van der Waals surface area contributed by atoms with Gasteiger partial charge in [0.1, 0.15) is 0 Å². The van der Waals surface area contributed by atoms with E-state index in [2.05, 4.69) is 15.9 Å². The zero-order valence-electron chi connectivity index (χ0n) is 18.5. The molecule has 0 aromatic heterocycles. The zero-order chi connectivity index (χ0) is 24.9. The number of amides is 2. The second-order valence-corrected chi connectivity index (χ2v) is 9.68. The van der Waals surface area contributed by atoms with Crippen LogP contribution in [-0.4, -0.2) is 28.6 Å². The van der Waals surface area contributed by atoms with Gasteiger partial charge < -0.3 is 9.47 Å². The van der Waals surface area contributed by atoms with Gasteiger partial charge in [0.15, 0.2) is 11.5 Å². The third kappa shape index (κ3) is 5.96. The van der Waals surface area contributed by atoms with Crippen LogP contribution in [0.25, 0.3) is 6.08 Å². The number of ether oxygens (including phenoxy) is 2. The van der Waals surface area contributed by atoms with Crippen molar-refractivity contribution in [1.29, 1.82) is 0 Å². The number of benzene rings is 3. The fourth-order valence-corrected chi connectivity index (χ4v) is 4.76. The first kappa shape index (κ1) is 25.0. The maximum atomic E-state index is 12.9. The Kier molecular flexibility index (Phi) is 7.95. The van der Waals surface area contributed by atoms with Crippen LogP contribution in [-0.2, 0) is 11.3 Å². The summed E-state index contributed by atoms with van der Waals surface area (Å²) in [5.41, 5.74) is 1.77. The van der Waals surface area contributed by atoms with Crippen LogP contribution in [0.4, 0.5) is 4.79 Å². The lowest BCUT2D eigenvalue weighted by Gasteiger charge is -2.13. The fourth-order valence-electron chi connectivity index (χ4n) is 3.33. The van der Waals surface area contributed by atoms with E-state index in [1.54, 1.807) is 42.5 Å². The van der Waals surface area contributed by atoms with Gasteiger partial charge in [0.05, 0.1) is 23.6 Å². The number of thioether (sulfide) groups is 1. The molecule has 9 heteroatoms. The Morgan fingerprint density at radius 2 is 1.86 bits per heavy atom. The molecule has 0 bridgehead atoms. The number of carbonyl (C=O) groups excluding carboxylic acids is 3. The zero-order valence-corrected chi connectivity index (χ0v) is 21.7. The molecule has 4 rings (SSSR count). The van der Waals surface area contributed by atoms with Gasteiger partial charge in [-0.15, -0.1) is 0 Å². The molecule has 1 aliphatic heterocycles. The van der Waals surface area contributed by atoms with Crippen molar-refractivity contribution in [3.05, 3.63) is 97.8 Å². The minimum atomic E-state index is -0.575. The highest BCUT2D eigenvalue weighted by Crippen LogP contribution is 2.36. The van der Waals surface area contributed by atoms with Gasteiger partial charge in [-0.1, -0.05) is 57.9 Å². The number of halogens is 2. The predicted octanol–water partition coefficient (Wildman–Crippen LogP) is 6.96. The standard InChI is InChI=1S/C26H19BrClNO5S/c1-2-33-22-12-16(10-11-21(22)34-25(31)17-7-5-8-19(28)14-17)13-23-24(30)29(26(32)35-23)15-18-6-3-4-9-20(18)27/h3-14H,2,15H2,1H3/b23-13-. The van der Waals surface area contributed by atoms with Crippen LogP contribution in [0.15, 0.2) is 76.1 Å². The van der Waals surface area contributed by atoms with E-state index in [4.69, 9.17) is 21.1 Å². The van der Waals surface area contributed by atoms with Crippen molar-refractivity contribution in [2.45, 2.75) is 13.5 Å². The summed E-state index contributed by atoms with van der Waals surface area (Å²) in [6, 6.07) is 18.8. The summed E-state index contributed by atoms with van der Waals surface area (Å²) >= 11 is 10.3. The van der Waals surface area contributed by atoms with Crippen LogP contribution in [0.1, 0.15) is 28.4 Å². The van der Waals surface area contributed by atoms with Gasteiger partial charge in [-0.25, -0.2) is 4.79 Å². The van der Waals surface area contributed by atoms with E-state index < -0.39 is 5.97 Å². The van der Waals surface area contributed by atoms with E-state index in [1.807, 2.05) is 31.2 Å². The first-order valence-electron chi connectivity index (χ1n) is 10.6. The lowest BCUT2D eigenvalue weighted by Crippen LogP contribution is -2.27. The molecule has 6 nitrogen and oxygen atoms in total. The van der Waals surface area contributed by atoms with Gasteiger partial charge in [0.2, 0.25) is 0 Å². The summed E-state index contributed by atoms with van der Waals surface area (Å²) in [5.74, 6) is -0.375. The molecule has 0 unspecified atom stereocenters. The Balaban J connectivity index is 1.55. The minimum absolute atomic E-state index is 0.173. The average Bonchev–Trinajstić information content (AvgIpc) is 3.09. The minimum Gasteiger partial charge on any atom is -0.490 e. The van der Waals surface area contributed by atoms with E-state index in [9.17, 15) is 14.4 Å². The molecule has 3 aromatic rings. The van der Waals surface area contributed by atoms with Crippen molar-refractivity contribution < 1.29 is 23.9 Å². The van der Waals surface area contributed by atoms with E-state index in [-0.39, 0.29) is 23.4 Å². The fraction of sp³-hybridized carbons (Fsp3) is 0.115. The third-order valence-electron chi connectivity index (χ3n) is 4.99. The summed E-state index contributed by atoms with van der Waals surface area (Å²) in [6.07, 6.45) is 1.62. The lowest BCUT2D eigenvalue weighted by molar-refractivity contribution is -0.123. The van der Waals surface area contributed by atoms with E-state index in [0.717, 1.165) is 21.8 Å². The first-order chi connectivity index (χ1) is 16.9. The third-order valence-corrected chi connectivity index (χ3v) is 6.90. The van der Waals surface area contributed by atoms with Crippen LogP contribution in [0.3, 0.4) is 0 Å². The molecule has 0 atom stereocenters. The molecular formula is C26H19BrClNO5S. The topological polar surface area (TPSA) is 72.9 Å². The van der Waals surface area contributed by atoms with E-state index in [1.165, 1.54) is 11.0 Å². The normalized spacial score (nSPS) is 14.5. The number of nitrogens with zero attached hydrogens (tertiary/aromatic N) is 1. The molecule has 1 fully saturated rings. The Bertz CT molecular complexity index is 1340. The smallest absolute Gasteiger partial charge is 0.343 e. The summed E-state index contributed by atoms with van der Waals surface area (Å²) in [5, 5.41) is 0.0857. The van der Waals surface area contributed by atoms with E-state index >= 15 is 0 Å². The molecule has 0 saturated carbocycles. The quantitative estimate of drug-likeness (QED) is 0.173. The van der Waals surface area contributed by atoms with E-state index in [0.29, 0.717) is 33.4 Å². The molecule has 1 aliphatic rings. The molecule has 0 spiro atoms. The Labute approximate surface area is 220 Å². The van der Waals surface area contributed by atoms with Gasteiger partial charge in [-0.3, -0.25) is 14.5 Å². The molecule has 2 amide bonds. The van der Waals surface area contributed by atoms with Crippen LogP contribution >= 0.6 is 39.3 Å². The second-order valence-electron chi connectivity index (χ2n) is 7.40. The molecule has 0 aliphatic carbocycles. The number of hydrogen-bond donors (Lipinski definition) is 0. The number of carbonyl (C=O) groups is 3. The number of imide groups is 1. The molecular weight excluding hydrogens is 554 g/mol. The highest BCUT2D eigenvalue weighted by molar-refractivity contribution is 9.10. The number of rotatable bonds is 7. The van der Waals surface area contributed by atoms with Gasteiger partial charge in [0, 0.05) is 9.50 Å². The molecule has 178 valence electrons.